The number of hydrogen-bond acceptors (Lipinski definition) is 3. The van der Waals surface area contributed by atoms with Crippen molar-refractivity contribution in [2.24, 2.45) is 10.9 Å². The number of likely N-dealkylation sites (N-methyl/N-ethyl adjacent to an activating group) is 2. The van der Waals surface area contributed by atoms with E-state index in [2.05, 4.69) is 10.2 Å². The average Bonchev–Trinajstić information content (AvgIpc) is 3.17. The van der Waals surface area contributed by atoms with Gasteiger partial charge in [-0.05, 0) is 45.2 Å². The molecule has 8 heteroatoms. The molecule has 1 saturated heterocycles. The van der Waals surface area contributed by atoms with Gasteiger partial charge in [0.25, 0.3) is 0 Å². The number of amides is 1. The van der Waals surface area contributed by atoms with Gasteiger partial charge in [-0.15, -0.1) is 0 Å². The maximum Gasteiger partial charge on any atom is 0.242 e. The lowest BCUT2D eigenvalue weighted by atomic mass is 10.1. The predicted molar refractivity (Wildman–Crippen MR) is 113 cm³/mol. The number of carbonyl (C=O) groups excluding carboxylic acids is 1. The monoisotopic (exact) mass is 409 g/mol. The fourth-order valence-electron chi connectivity index (χ4n) is 3.54. The first kappa shape index (κ1) is 22.9. The number of guanidine groups is 1. The fourth-order valence-corrected chi connectivity index (χ4v) is 3.54. The van der Waals surface area contributed by atoms with E-state index in [0.717, 1.165) is 19.5 Å². The van der Waals surface area contributed by atoms with E-state index < -0.39 is 11.6 Å². The van der Waals surface area contributed by atoms with Crippen molar-refractivity contribution >= 4 is 17.6 Å². The highest BCUT2D eigenvalue weighted by molar-refractivity contribution is 5.86. The molecule has 1 aliphatic heterocycles. The minimum absolute atomic E-state index is 0.0773. The quantitative estimate of drug-likeness (QED) is 0.530. The van der Waals surface area contributed by atoms with E-state index in [4.69, 9.17) is 4.99 Å². The van der Waals surface area contributed by atoms with Gasteiger partial charge in [0.1, 0.15) is 0 Å². The molecule has 0 spiro atoms. The van der Waals surface area contributed by atoms with E-state index in [-0.39, 0.29) is 12.5 Å². The Morgan fingerprint density at radius 1 is 1.24 bits per heavy atom. The molecule has 1 aromatic carbocycles. The Labute approximate surface area is 172 Å². The maximum atomic E-state index is 13.5. The van der Waals surface area contributed by atoms with Crippen LogP contribution in [-0.2, 0) is 4.79 Å². The Bertz CT molecular complexity index is 708. The first-order valence-electron chi connectivity index (χ1n) is 10.4. The van der Waals surface area contributed by atoms with Gasteiger partial charge in [-0.25, -0.2) is 8.78 Å². The predicted octanol–water partition coefficient (Wildman–Crippen LogP) is 2.56. The van der Waals surface area contributed by atoms with E-state index in [9.17, 15) is 13.6 Å². The van der Waals surface area contributed by atoms with E-state index >= 15 is 0 Å². The molecule has 1 aromatic rings. The highest BCUT2D eigenvalue weighted by atomic mass is 19.2. The average molecular weight is 410 g/mol. The molecular weight excluding hydrogens is 376 g/mol. The molecule has 1 aliphatic rings. The minimum Gasteiger partial charge on any atom is -0.371 e. The lowest BCUT2D eigenvalue weighted by Gasteiger charge is -2.26. The van der Waals surface area contributed by atoms with Gasteiger partial charge in [-0.2, -0.15) is 0 Å². The molecule has 1 N–H and O–H groups in total. The third-order valence-corrected chi connectivity index (χ3v) is 5.24. The summed E-state index contributed by atoms with van der Waals surface area (Å²) >= 11 is 0. The highest BCUT2D eigenvalue weighted by Gasteiger charge is 2.24. The molecule has 1 fully saturated rings. The largest absolute Gasteiger partial charge is 0.371 e. The second-order valence-corrected chi connectivity index (χ2v) is 7.32. The number of aliphatic imine (C=N–C) groups is 1. The molecule has 6 nitrogen and oxygen atoms in total. The van der Waals surface area contributed by atoms with E-state index in [1.807, 2.05) is 32.7 Å². The fraction of sp³-hybridized carbons (Fsp3) is 0.619. The summed E-state index contributed by atoms with van der Waals surface area (Å²) in [6.07, 6.45) is 0.935. The van der Waals surface area contributed by atoms with Crippen molar-refractivity contribution in [2.45, 2.75) is 27.2 Å². The van der Waals surface area contributed by atoms with Crippen LogP contribution in [0.4, 0.5) is 14.5 Å². The van der Waals surface area contributed by atoms with Crippen LogP contribution in [0, 0.1) is 17.6 Å². The van der Waals surface area contributed by atoms with E-state index in [1.165, 1.54) is 12.1 Å². The van der Waals surface area contributed by atoms with Crippen LogP contribution in [-0.4, -0.2) is 74.5 Å². The molecular formula is C21H33F2N5O. The van der Waals surface area contributed by atoms with Gasteiger partial charge >= 0.3 is 0 Å². The topological polar surface area (TPSA) is 51.2 Å². The Morgan fingerprint density at radius 2 is 1.97 bits per heavy atom. The van der Waals surface area contributed by atoms with Crippen molar-refractivity contribution < 1.29 is 13.6 Å². The molecule has 0 aromatic heterocycles. The summed E-state index contributed by atoms with van der Waals surface area (Å²) in [5.74, 6) is -0.541. The van der Waals surface area contributed by atoms with Gasteiger partial charge < -0.3 is 20.0 Å². The van der Waals surface area contributed by atoms with Crippen LogP contribution in [0.15, 0.2) is 23.2 Å². The molecule has 0 aliphatic carbocycles. The number of nitrogens with zero attached hydrogens (tertiary/aromatic N) is 4. The summed E-state index contributed by atoms with van der Waals surface area (Å²) in [7, 11) is 1.87. The number of benzene rings is 1. The molecule has 1 amide bonds. The summed E-state index contributed by atoms with van der Waals surface area (Å²) in [6.45, 7) is 10.5. The van der Waals surface area contributed by atoms with Crippen molar-refractivity contribution in [1.82, 2.24) is 15.1 Å². The molecule has 162 valence electrons. The number of halogens is 2. The number of anilines is 1. The zero-order valence-electron chi connectivity index (χ0n) is 17.9. The molecule has 1 atom stereocenters. The van der Waals surface area contributed by atoms with Gasteiger partial charge in [-0.3, -0.25) is 9.79 Å². The van der Waals surface area contributed by atoms with E-state index in [1.54, 1.807) is 11.0 Å². The van der Waals surface area contributed by atoms with Gasteiger partial charge in [0.05, 0.1) is 6.54 Å². The minimum atomic E-state index is -0.827. The second-order valence-electron chi connectivity index (χ2n) is 7.32. The summed E-state index contributed by atoms with van der Waals surface area (Å²) in [6, 6.07) is 4.03. The maximum absolute atomic E-state index is 13.5. The van der Waals surface area contributed by atoms with Crippen molar-refractivity contribution in [3.8, 4) is 0 Å². The van der Waals surface area contributed by atoms with Crippen molar-refractivity contribution in [3.63, 3.8) is 0 Å². The SMILES string of the molecule is CCNC(=NCC1CCN(c2ccc(F)c(F)c2)C1)N(C)CC(=O)N(CC)CC. The Morgan fingerprint density at radius 3 is 2.59 bits per heavy atom. The number of hydrogen-bond donors (Lipinski definition) is 1. The van der Waals surface area contributed by atoms with Crippen LogP contribution in [0.3, 0.4) is 0 Å². The van der Waals surface area contributed by atoms with Crippen molar-refractivity contribution in [3.05, 3.63) is 29.8 Å². The van der Waals surface area contributed by atoms with Crippen LogP contribution in [0.5, 0.6) is 0 Å². The van der Waals surface area contributed by atoms with Crippen LogP contribution >= 0.6 is 0 Å². The molecule has 29 heavy (non-hydrogen) atoms. The third-order valence-electron chi connectivity index (χ3n) is 5.24. The number of rotatable bonds is 8. The molecule has 1 heterocycles. The normalized spacial score (nSPS) is 16.8. The van der Waals surface area contributed by atoms with Crippen LogP contribution in [0.2, 0.25) is 0 Å². The smallest absolute Gasteiger partial charge is 0.242 e. The molecule has 0 radical (unpaired) electrons. The standard InChI is InChI=1S/C21H33F2N5O/c1-5-24-21(26(4)15-20(29)27(6-2)7-3)25-13-16-10-11-28(14-16)17-8-9-18(22)19(23)12-17/h8-9,12,16H,5-7,10-11,13-15H2,1-4H3,(H,24,25). The molecule has 1 unspecified atom stereocenters. The van der Waals surface area contributed by atoms with Gasteiger partial charge in [0.2, 0.25) is 5.91 Å². The summed E-state index contributed by atoms with van der Waals surface area (Å²) in [5, 5.41) is 3.24. The first-order chi connectivity index (χ1) is 13.9. The molecule has 2 rings (SSSR count). The van der Waals surface area contributed by atoms with Crippen LogP contribution in [0.1, 0.15) is 27.2 Å². The summed E-state index contributed by atoms with van der Waals surface area (Å²) in [4.78, 5) is 22.8. The number of carbonyl (C=O) groups is 1. The lowest BCUT2D eigenvalue weighted by molar-refractivity contribution is -0.131. The van der Waals surface area contributed by atoms with Crippen LogP contribution < -0.4 is 10.2 Å². The summed E-state index contributed by atoms with van der Waals surface area (Å²) in [5.41, 5.74) is 0.698. The molecule has 0 bridgehead atoms. The zero-order chi connectivity index (χ0) is 21.4. The number of nitrogens with one attached hydrogen (secondary N) is 1. The van der Waals surface area contributed by atoms with Crippen LogP contribution in [0.25, 0.3) is 0 Å². The van der Waals surface area contributed by atoms with Crippen molar-refractivity contribution in [1.29, 1.82) is 0 Å². The van der Waals surface area contributed by atoms with Gasteiger partial charge in [0, 0.05) is 58.1 Å². The lowest BCUT2D eigenvalue weighted by Crippen LogP contribution is -2.45. The van der Waals surface area contributed by atoms with Crippen molar-refractivity contribution in [2.75, 3.05) is 57.8 Å². The second kappa shape index (κ2) is 11.0. The van der Waals surface area contributed by atoms with E-state index in [0.29, 0.717) is 43.7 Å². The highest BCUT2D eigenvalue weighted by Crippen LogP contribution is 2.25. The Hall–Kier alpha value is -2.38. The Kier molecular flexibility index (Phi) is 8.67. The first-order valence-corrected chi connectivity index (χ1v) is 10.4. The van der Waals surface area contributed by atoms with Gasteiger partial charge in [0.15, 0.2) is 17.6 Å². The zero-order valence-corrected chi connectivity index (χ0v) is 17.9. The molecule has 0 saturated carbocycles. The Balaban J connectivity index is 1.95. The van der Waals surface area contributed by atoms with Gasteiger partial charge in [-0.1, -0.05) is 0 Å². The third kappa shape index (κ3) is 6.30. The summed E-state index contributed by atoms with van der Waals surface area (Å²) < 4.78 is 26.7.